The number of nitrogens with zero attached hydrogens (tertiary/aromatic N) is 1. The Labute approximate surface area is 119 Å². The summed E-state index contributed by atoms with van der Waals surface area (Å²) in [6.45, 7) is 3.06. The van der Waals surface area contributed by atoms with Gasteiger partial charge in [0.15, 0.2) is 5.69 Å². The second-order valence-electron chi connectivity index (χ2n) is 6.00. The number of nitrogens with one attached hydrogen (secondary N) is 2. The van der Waals surface area contributed by atoms with Gasteiger partial charge in [-0.3, -0.25) is 9.89 Å². The maximum Gasteiger partial charge on any atom is 0.435 e. The third-order valence-electron chi connectivity index (χ3n) is 3.64. The highest BCUT2D eigenvalue weighted by atomic mass is 19.4. The highest BCUT2D eigenvalue weighted by Gasteiger charge is 2.40. The number of alkyl halides is 3. The van der Waals surface area contributed by atoms with Gasteiger partial charge < -0.3 is 10.4 Å². The summed E-state index contributed by atoms with van der Waals surface area (Å²) < 4.78 is 38.5. The molecule has 0 radical (unpaired) electrons. The molecule has 21 heavy (non-hydrogen) atoms. The van der Waals surface area contributed by atoms with Gasteiger partial charge in [-0.2, -0.15) is 18.3 Å². The summed E-state index contributed by atoms with van der Waals surface area (Å²) in [5.41, 5.74) is -1.19. The third-order valence-corrected chi connectivity index (χ3v) is 3.64. The van der Waals surface area contributed by atoms with Crippen LogP contribution in [0.25, 0.3) is 0 Å². The number of aliphatic hydroxyl groups excluding tert-OH is 1. The lowest BCUT2D eigenvalue weighted by Crippen LogP contribution is -2.49. The Bertz CT molecular complexity index is 537. The van der Waals surface area contributed by atoms with Crippen molar-refractivity contribution in [3.8, 4) is 0 Å². The second-order valence-corrected chi connectivity index (χ2v) is 6.00. The number of aryl methyl sites for hydroxylation is 1. The zero-order valence-corrected chi connectivity index (χ0v) is 11.8. The molecule has 0 saturated heterocycles. The molecule has 1 aliphatic rings. The number of H-pyrrole nitrogens is 1. The Kier molecular flexibility index (Phi) is 4.01. The predicted molar refractivity (Wildman–Crippen MR) is 68.4 cm³/mol. The van der Waals surface area contributed by atoms with E-state index in [0.717, 1.165) is 0 Å². The molecule has 1 heterocycles. The molecule has 5 nitrogen and oxygen atoms in total. The van der Waals surface area contributed by atoms with E-state index in [1.165, 1.54) is 0 Å². The summed E-state index contributed by atoms with van der Waals surface area (Å²) in [4.78, 5) is 12.1. The lowest BCUT2D eigenvalue weighted by Gasteiger charge is -2.28. The summed E-state index contributed by atoms with van der Waals surface area (Å²) in [6.07, 6.45) is -3.70. The molecule has 1 aromatic rings. The Balaban J connectivity index is 2.15. The molecule has 3 N–H and O–H groups in total. The lowest BCUT2D eigenvalue weighted by molar-refractivity contribution is -0.142. The second kappa shape index (κ2) is 5.32. The summed E-state index contributed by atoms with van der Waals surface area (Å²) in [5, 5.41) is 17.5. The van der Waals surface area contributed by atoms with Gasteiger partial charge in [0.25, 0.3) is 0 Å². The van der Waals surface area contributed by atoms with Gasteiger partial charge in [-0.25, -0.2) is 0 Å². The third kappa shape index (κ3) is 3.37. The number of fused-ring (bicyclic) bond motifs is 1. The molecule has 8 heteroatoms. The highest BCUT2D eigenvalue weighted by molar-refractivity contribution is 5.80. The van der Waals surface area contributed by atoms with Gasteiger partial charge in [0, 0.05) is 17.2 Å². The van der Waals surface area contributed by atoms with Crippen molar-refractivity contribution in [2.45, 2.75) is 44.8 Å². The molecule has 0 aromatic carbocycles. The fourth-order valence-corrected chi connectivity index (χ4v) is 2.43. The topological polar surface area (TPSA) is 78.0 Å². The van der Waals surface area contributed by atoms with Crippen molar-refractivity contribution in [1.82, 2.24) is 15.5 Å². The summed E-state index contributed by atoms with van der Waals surface area (Å²) in [7, 11) is 0. The minimum Gasteiger partial charge on any atom is -0.394 e. The molecule has 0 fully saturated rings. The van der Waals surface area contributed by atoms with Gasteiger partial charge in [0.05, 0.1) is 12.1 Å². The van der Waals surface area contributed by atoms with Crippen LogP contribution in [-0.4, -0.2) is 33.4 Å². The van der Waals surface area contributed by atoms with Crippen molar-refractivity contribution in [2.24, 2.45) is 5.92 Å². The number of aliphatic hydroxyl groups is 1. The molecule has 2 rings (SSSR count). The monoisotopic (exact) mass is 305 g/mol. The number of aromatic nitrogens is 2. The van der Waals surface area contributed by atoms with Gasteiger partial charge in [-0.1, -0.05) is 0 Å². The van der Waals surface area contributed by atoms with Gasteiger partial charge in [0.2, 0.25) is 5.91 Å². The first-order chi connectivity index (χ1) is 9.64. The quantitative estimate of drug-likeness (QED) is 0.790. The number of hydrogen-bond acceptors (Lipinski definition) is 3. The van der Waals surface area contributed by atoms with Crippen LogP contribution in [0.15, 0.2) is 0 Å². The maximum atomic E-state index is 12.8. The molecular weight excluding hydrogens is 287 g/mol. The SMILES string of the molecule is CC(C)(CO)NC(=O)C1CCc2[nH]nc(C(F)(F)F)c2C1. The zero-order chi connectivity index (χ0) is 15.8. The van der Waals surface area contributed by atoms with Crippen molar-refractivity contribution < 1.29 is 23.1 Å². The Morgan fingerprint density at radius 3 is 2.71 bits per heavy atom. The number of hydrogen-bond donors (Lipinski definition) is 3. The molecule has 1 aliphatic carbocycles. The summed E-state index contributed by atoms with van der Waals surface area (Å²) >= 11 is 0. The van der Waals surface area contributed by atoms with Crippen molar-refractivity contribution in [1.29, 1.82) is 0 Å². The standard InChI is InChI=1S/C13H18F3N3O2/c1-12(2,6-20)17-11(21)7-3-4-9-8(5-7)10(19-18-9)13(14,15)16/h7,20H,3-6H2,1-2H3,(H,17,21)(H,18,19). The Morgan fingerprint density at radius 2 is 2.14 bits per heavy atom. The largest absolute Gasteiger partial charge is 0.435 e. The normalized spacial score (nSPS) is 19.2. The van der Waals surface area contributed by atoms with E-state index < -0.39 is 23.3 Å². The molecule has 0 bridgehead atoms. The first-order valence-corrected chi connectivity index (χ1v) is 6.70. The van der Waals surface area contributed by atoms with Crippen LogP contribution in [0.5, 0.6) is 0 Å². The molecule has 1 atom stereocenters. The number of aromatic amines is 1. The van der Waals surface area contributed by atoms with Crippen molar-refractivity contribution >= 4 is 5.91 Å². The summed E-state index contributed by atoms with van der Waals surface area (Å²) in [6, 6.07) is 0. The number of amides is 1. The minimum atomic E-state index is -4.52. The van der Waals surface area contributed by atoms with Crippen LogP contribution in [0.1, 0.15) is 37.2 Å². The van der Waals surface area contributed by atoms with E-state index >= 15 is 0 Å². The molecule has 1 aromatic heterocycles. The van der Waals surface area contributed by atoms with Gasteiger partial charge in [-0.15, -0.1) is 0 Å². The molecular formula is C13H18F3N3O2. The van der Waals surface area contributed by atoms with Crippen molar-refractivity contribution in [3.05, 3.63) is 17.0 Å². The molecule has 0 aliphatic heterocycles. The van der Waals surface area contributed by atoms with Gasteiger partial charge in [0.1, 0.15) is 0 Å². The van der Waals surface area contributed by atoms with Crippen molar-refractivity contribution in [3.63, 3.8) is 0 Å². The Morgan fingerprint density at radius 1 is 1.48 bits per heavy atom. The van der Waals surface area contributed by atoms with Gasteiger partial charge >= 0.3 is 6.18 Å². The molecule has 0 saturated carbocycles. The van der Waals surface area contributed by atoms with Crippen LogP contribution in [0.3, 0.4) is 0 Å². The van der Waals surface area contributed by atoms with E-state index in [2.05, 4.69) is 15.5 Å². The van der Waals surface area contributed by atoms with Crippen LogP contribution in [0, 0.1) is 5.92 Å². The average molecular weight is 305 g/mol. The zero-order valence-electron chi connectivity index (χ0n) is 11.8. The first-order valence-electron chi connectivity index (χ1n) is 6.70. The fraction of sp³-hybridized carbons (Fsp3) is 0.692. The van der Waals surface area contributed by atoms with Crippen molar-refractivity contribution in [2.75, 3.05) is 6.61 Å². The van der Waals surface area contributed by atoms with Gasteiger partial charge in [-0.05, 0) is 33.1 Å². The van der Waals surface area contributed by atoms with Crippen LogP contribution < -0.4 is 5.32 Å². The van der Waals surface area contributed by atoms with Crippen LogP contribution in [0.4, 0.5) is 13.2 Å². The van der Waals surface area contributed by atoms with Crippen LogP contribution in [0.2, 0.25) is 0 Å². The molecule has 1 amide bonds. The lowest BCUT2D eigenvalue weighted by atomic mass is 9.85. The number of carbonyl (C=O) groups is 1. The number of halogens is 3. The van der Waals surface area contributed by atoms with Crippen LogP contribution in [-0.2, 0) is 23.8 Å². The highest BCUT2D eigenvalue weighted by Crippen LogP contribution is 2.36. The molecule has 118 valence electrons. The number of carbonyl (C=O) groups excluding carboxylic acids is 1. The maximum absolute atomic E-state index is 12.8. The van der Waals surface area contributed by atoms with E-state index in [-0.39, 0.29) is 24.5 Å². The molecule has 0 spiro atoms. The Hall–Kier alpha value is -1.57. The smallest absolute Gasteiger partial charge is 0.394 e. The van der Waals surface area contributed by atoms with E-state index in [1.807, 2.05) is 0 Å². The average Bonchev–Trinajstić information content (AvgIpc) is 2.80. The van der Waals surface area contributed by atoms with E-state index in [0.29, 0.717) is 18.5 Å². The molecule has 1 unspecified atom stereocenters. The minimum absolute atomic E-state index is 0.00795. The predicted octanol–water partition coefficient (Wildman–Crippen LogP) is 1.42. The van der Waals surface area contributed by atoms with Crippen LogP contribution >= 0.6 is 0 Å². The number of rotatable bonds is 3. The van der Waals surface area contributed by atoms with E-state index in [9.17, 15) is 18.0 Å². The van der Waals surface area contributed by atoms with E-state index in [1.54, 1.807) is 13.8 Å². The first kappa shape index (κ1) is 15.8. The summed E-state index contributed by atoms with van der Waals surface area (Å²) in [5.74, 6) is -0.879. The fourth-order valence-electron chi connectivity index (χ4n) is 2.43. The van der Waals surface area contributed by atoms with E-state index in [4.69, 9.17) is 5.11 Å².